The highest BCUT2D eigenvalue weighted by atomic mass is 16.5. The fourth-order valence-electron chi connectivity index (χ4n) is 2.97. The summed E-state index contributed by atoms with van der Waals surface area (Å²) in [5.41, 5.74) is 1.18. The highest BCUT2D eigenvalue weighted by molar-refractivity contribution is 5.85. The number of hydrogen-bond acceptors (Lipinski definition) is 4. The van der Waals surface area contributed by atoms with Crippen LogP contribution in [0.15, 0.2) is 18.3 Å². The lowest BCUT2D eigenvalue weighted by molar-refractivity contribution is -0.136. The van der Waals surface area contributed by atoms with Crippen LogP contribution in [0.3, 0.4) is 0 Å². The molecule has 0 aliphatic carbocycles. The van der Waals surface area contributed by atoms with Crippen molar-refractivity contribution >= 4 is 11.7 Å². The van der Waals surface area contributed by atoms with Crippen LogP contribution in [-0.2, 0) is 9.53 Å². The molecule has 0 saturated carbocycles. The Morgan fingerprint density at radius 3 is 2.90 bits per heavy atom. The molecule has 1 aromatic rings. The summed E-state index contributed by atoms with van der Waals surface area (Å²) in [5, 5.41) is 0. The summed E-state index contributed by atoms with van der Waals surface area (Å²) in [7, 11) is 0. The van der Waals surface area contributed by atoms with Gasteiger partial charge in [0.1, 0.15) is 11.9 Å². The molecule has 2 fully saturated rings. The highest BCUT2D eigenvalue weighted by Gasteiger charge is 2.34. The molecule has 1 amide bonds. The predicted molar refractivity (Wildman–Crippen MR) is 76.7 cm³/mol. The van der Waals surface area contributed by atoms with Gasteiger partial charge in [-0.1, -0.05) is 0 Å². The van der Waals surface area contributed by atoms with Crippen molar-refractivity contribution in [1.82, 2.24) is 9.88 Å². The number of amides is 1. The first-order chi connectivity index (χ1) is 9.75. The third-order valence-corrected chi connectivity index (χ3v) is 4.06. The maximum atomic E-state index is 12.7. The van der Waals surface area contributed by atoms with Crippen LogP contribution in [0.2, 0.25) is 0 Å². The Balaban J connectivity index is 1.76. The van der Waals surface area contributed by atoms with Gasteiger partial charge in [0.25, 0.3) is 0 Å². The lowest BCUT2D eigenvalue weighted by Crippen LogP contribution is -2.50. The van der Waals surface area contributed by atoms with Crippen molar-refractivity contribution in [3.8, 4) is 0 Å². The smallest absolute Gasteiger partial charge is 0.245 e. The Kier molecular flexibility index (Phi) is 3.87. The second-order valence-corrected chi connectivity index (χ2v) is 5.48. The zero-order valence-corrected chi connectivity index (χ0v) is 11.9. The van der Waals surface area contributed by atoms with Gasteiger partial charge in [0.05, 0.1) is 13.2 Å². The molecule has 5 nitrogen and oxygen atoms in total. The van der Waals surface area contributed by atoms with Crippen LogP contribution >= 0.6 is 0 Å². The van der Waals surface area contributed by atoms with Crippen molar-refractivity contribution in [3.63, 3.8) is 0 Å². The van der Waals surface area contributed by atoms with E-state index >= 15 is 0 Å². The van der Waals surface area contributed by atoms with Crippen LogP contribution in [0.4, 0.5) is 5.82 Å². The molecule has 3 rings (SSSR count). The zero-order chi connectivity index (χ0) is 13.9. The Labute approximate surface area is 119 Å². The van der Waals surface area contributed by atoms with E-state index in [4.69, 9.17) is 4.74 Å². The molecule has 0 N–H and O–H groups in total. The van der Waals surface area contributed by atoms with E-state index in [-0.39, 0.29) is 11.9 Å². The minimum absolute atomic E-state index is 0.0533. The van der Waals surface area contributed by atoms with Gasteiger partial charge >= 0.3 is 0 Å². The Morgan fingerprint density at radius 2 is 2.15 bits per heavy atom. The largest absolute Gasteiger partial charge is 0.378 e. The maximum absolute atomic E-state index is 12.7. The molecule has 108 valence electrons. The normalized spacial score (nSPS) is 23.1. The Morgan fingerprint density at radius 1 is 1.35 bits per heavy atom. The van der Waals surface area contributed by atoms with E-state index in [9.17, 15) is 4.79 Å². The first kappa shape index (κ1) is 13.4. The molecule has 0 bridgehead atoms. The number of nitrogens with zero attached hydrogens (tertiary/aromatic N) is 3. The van der Waals surface area contributed by atoms with Crippen LogP contribution in [0.25, 0.3) is 0 Å². The van der Waals surface area contributed by atoms with Crippen molar-refractivity contribution in [3.05, 3.63) is 23.9 Å². The van der Waals surface area contributed by atoms with Crippen molar-refractivity contribution in [2.45, 2.75) is 25.8 Å². The highest BCUT2D eigenvalue weighted by Crippen LogP contribution is 2.25. The molecule has 2 aliphatic rings. The van der Waals surface area contributed by atoms with Crippen molar-refractivity contribution < 1.29 is 9.53 Å². The summed E-state index contributed by atoms with van der Waals surface area (Å²) in [4.78, 5) is 21.2. The molecule has 3 heterocycles. The summed E-state index contributed by atoms with van der Waals surface area (Å²) >= 11 is 0. The molecular formula is C15H21N3O2. The van der Waals surface area contributed by atoms with Crippen molar-refractivity contribution in [1.29, 1.82) is 0 Å². The third-order valence-electron chi connectivity index (χ3n) is 4.06. The van der Waals surface area contributed by atoms with Gasteiger partial charge in [0, 0.05) is 25.8 Å². The number of aryl methyl sites for hydroxylation is 1. The summed E-state index contributed by atoms with van der Waals surface area (Å²) in [6.07, 6.45) is 3.79. The summed E-state index contributed by atoms with van der Waals surface area (Å²) in [6.45, 7) is 5.70. The molecule has 5 heteroatoms. The number of morpholine rings is 1. The second kappa shape index (κ2) is 5.79. The van der Waals surface area contributed by atoms with E-state index in [1.807, 2.05) is 17.2 Å². The predicted octanol–water partition coefficient (Wildman–Crippen LogP) is 1.22. The van der Waals surface area contributed by atoms with Gasteiger partial charge in [0.15, 0.2) is 0 Å². The quantitative estimate of drug-likeness (QED) is 0.814. The molecule has 1 atom stereocenters. The van der Waals surface area contributed by atoms with Crippen LogP contribution in [0.1, 0.15) is 18.4 Å². The number of anilines is 1. The molecule has 2 aliphatic heterocycles. The van der Waals surface area contributed by atoms with E-state index < -0.39 is 0 Å². The van der Waals surface area contributed by atoms with Crippen LogP contribution < -0.4 is 4.90 Å². The van der Waals surface area contributed by atoms with Gasteiger partial charge in [0.2, 0.25) is 5.91 Å². The van der Waals surface area contributed by atoms with E-state index in [1.54, 1.807) is 0 Å². The molecule has 0 unspecified atom stereocenters. The average Bonchev–Trinajstić information content (AvgIpc) is 2.97. The number of aromatic nitrogens is 1. The third kappa shape index (κ3) is 2.63. The number of ether oxygens (including phenoxy) is 1. The van der Waals surface area contributed by atoms with Crippen LogP contribution in [-0.4, -0.2) is 54.7 Å². The van der Waals surface area contributed by atoms with Gasteiger partial charge < -0.3 is 14.5 Å². The number of carbonyl (C=O) groups is 1. The first-order valence-electron chi connectivity index (χ1n) is 7.31. The second-order valence-electron chi connectivity index (χ2n) is 5.48. The molecule has 2 saturated heterocycles. The van der Waals surface area contributed by atoms with Gasteiger partial charge in [-0.25, -0.2) is 4.98 Å². The Bertz CT molecular complexity index is 486. The van der Waals surface area contributed by atoms with Gasteiger partial charge in [-0.3, -0.25) is 4.79 Å². The number of pyridine rings is 1. The minimum Gasteiger partial charge on any atom is -0.378 e. The van der Waals surface area contributed by atoms with Crippen molar-refractivity contribution in [2.24, 2.45) is 0 Å². The van der Waals surface area contributed by atoms with Crippen molar-refractivity contribution in [2.75, 3.05) is 37.7 Å². The van der Waals surface area contributed by atoms with E-state index in [1.165, 1.54) is 5.56 Å². The summed E-state index contributed by atoms with van der Waals surface area (Å²) < 4.78 is 5.32. The topological polar surface area (TPSA) is 45.7 Å². The van der Waals surface area contributed by atoms with E-state index in [0.717, 1.165) is 25.2 Å². The fraction of sp³-hybridized carbons (Fsp3) is 0.600. The molecule has 1 aromatic heterocycles. The first-order valence-corrected chi connectivity index (χ1v) is 7.31. The standard InChI is InChI=1S/C15H21N3O2/c1-12-4-5-16-14(11-12)18-6-2-3-13(18)15(19)17-7-9-20-10-8-17/h4-5,11,13H,2-3,6-10H2,1H3/t13-/m0/s1. The fourth-order valence-corrected chi connectivity index (χ4v) is 2.97. The molecule has 0 spiro atoms. The summed E-state index contributed by atoms with van der Waals surface area (Å²) in [6, 6.07) is 3.99. The summed E-state index contributed by atoms with van der Waals surface area (Å²) in [5.74, 6) is 1.16. The molecule has 0 aromatic carbocycles. The van der Waals surface area contributed by atoms with Gasteiger partial charge in [-0.2, -0.15) is 0 Å². The Hall–Kier alpha value is -1.62. The average molecular weight is 275 g/mol. The lowest BCUT2D eigenvalue weighted by Gasteiger charge is -2.33. The van der Waals surface area contributed by atoms with Crippen LogP contribution in [0, 0.1) is 6.92 Å². The van der Waals surface area contributed by atoms with Gasteiger partial charge in [-0.15, -0.1) is 0 Å². The SMILES string of the molecule is Cc1ccnc(N2CCC[C@H]2C(=O)N2CCOCC2)c1. The number of carbonyl (C=O) groups excluding carboxylic acids is 1. The lowest BCUT2D eigenvalue weighted by atomic mass is 10.1. The monoisotopic (exact) mass is 275 g/mol. The molecular weight excluding hydrogens is 254 g/mol. The molecule has 20 heavy (non-hydrogen) atoms. The minimum atomic E-state index is -0.0533. The number of rotatable bonds is 2. The van der Waals surface area contributed by atoms with Crippen LogP contribution in [0.5, 0.6) is 0 Å². The zero-order valence-electron chi connectivity index (χ0n) is 11.9. The van der Waals surface area contributed by atoms with E-state index in [2.05, 4.69) is 22.9 Å². The molecule has 0 radical (unpaired) electrons. The van der Waals surface area contributed by atoms with E-state index in [0.29, 0.717) is 26.3 Å². The maximum Gasteiger partial charge on any atom is 0.245 e. The van der Waals surface area contributed by atoms with Gasteiger partial charge in [-0.05, 0) is 37.5 Å². The number of hydrogen-bond donors (Lipinski definition) is 0.